The Morgan fingerprint density at radius 1 is 1.30 bits per heavy atom. The van der Waals surface area contributed by atoms with E-state index in [4.69, 9.17) is 5.26 Å². The summed E-state index contributed by atoms with van der Waals surface area (Å²) in [5.41, 5.74) is 0.219. The van der Waals surface area contributed by atoms with Crippen LogP contribution < -0.4 is 0 Å². The van der Waals surface area contributed by atoms with Crippen LogP contribution in [-0.4, -0.2) is 55.3 Å². The Kier molecular flexibility index (Phi) is 4.70. The van der Waals surface area contributed by atoms with Crippen molar-refractivity contribution < 1.29 is 8.42 Å². The van der Waals surface area contributed by atoms with Crippen molar-refractivity contribution in [1.82, 2.24) is 14.2 Å². The van der Waals surface area contributed by atoms with Gasteiger partial charge in [0.2, 0.25) is 10.0 Å². The molecular weight excluding hydrogens is 276 g/mol. The van der Waals surface area contributed by atoms with Crippen molar-refractivity contribution in [3.8, 4) is 6.07 Å². The highest BCUT2D eigenvalue weighted by Crippen LogP contribution is 2.17. The minimum Gasteiger partial charge on any atom is -0.301 e. The van der Waals surface area contributed by atoms with Crippen molar-refractivity contribution >= 4 is 10.0 Å². The Balaban J connectivity index is 2.09. The molecule has 108 valence electrons. The third kappa shape index (κ3) is 3.15. The fourth-order valence-electron chi connectivity index (χ4n) is 2.26. The topological polar surface area (TPSA) is 77.3 Å². The molecule has 1 aliphatic heterocycles. The molecule has 1 aromatic rings. The Hall–Kier alpha value is -1.49. The van der Waals surface area contributed by atoms with Crippen LogP contribution in [0, 0.1) is 11.3 Å². The number of rotatable bonds is 4. The van der Waals surface area contributed by atoms with Crippen LogP contribution in [0.1, 0.15) is 19.0 Å². The van der Waals surface area contributed by atoms with Gasteiger partial charge in [-0.15, -0.1) is 0 Å². The summed E-state index contributed by atoms with van der Waals surface area (Å²) >= 11 is 0. The van der Waals surface area contributed by atoms with Crippen molar-refractivity contribution in [3.05, 3.63) is 24.0 Å². The summed E-state index contributed by atoms with van der Waals surface area (Å²) in [6, 6.07) is 4.75. The zero-order valence-corrected chi connectivity index (χ0v) is 12.3. The molecule has 0 spiro atoms. The standard InChI is InChI=1S/C13H18N4O2S/c1-2-5-16-6-8-17(9-7-16)20(18,19)13-4-3-12(10-14)15-11-13/h3-4,11H,2,5-9H2,1H3. The molecule has 0 aliphatic carbocycles. The monoisotopic (exact) mass is 294 g/mol. The van der Waals surface area contributed by atoms with Crippen molar-refractivity contribution in [2.45, 2.75) is 18.2 Å². The van der Waals surface area contributed by atoms with Crippen LogP contribution in [0.5, 0.6) is 0 Å². The SMILES string of the molecule is CCCN1CCN(S(=O)(=O)c2ccc(C#N)nc2)CC1. The molecule has 2 heterocycles. The van der Waals surface area contributed by atoms with Gasteiger partial charge in [-0.05, 0) is 25.1 Å². The van der Waals surface area contributed by atoms with Gasteiger partial charge in [0.05, 0.1) is 0 Å². The van der Waals surface area contributed by atoms with E-state index in [1.54, 1.807) is 0 Å². The molecule has 6 nitrogen and oxygen atoms in total. The van der Waals surface area contributed by atoms with Crippen molar-refractivity contribution in [3.63, 3.8) is 0 Å². The minimum absolute atomic E-state index is 0.153. The molecule has 0 amide bonds. The molecule has 1 aliphatic rings. The highest BCUT2D eigenvalue weighted by Gasteiger charge is 2.28. The van der Waals surface area contributed by atoms with Crippen molar-refractivity contribution in [1.29, 1.82) is 5.26 Å². The van der Waals surface area contributed by atoms with E-state index in [0.717, 1.165) is 26.1 Å². The molecule has 1 saturated heterocycles. The van der Waals surface area contributed by atoms with Gasteiger partial charge in [0, 0.05) is 32.4 Å². The average molecular weight is 294 g/mol. The first-order chi connectivity index (χ1) is 9.57. The van der Waals surface area contributed by atoms with Gasteiger partial charge in [-0.2, -0.15) is 9.57 Å². The Morgan fingerprint density at radius 3 is 2.50 bits per heavy atom. The summed E-state index contributed by atoms with van der Waals surface area (Å²) in [5, 5.41) is 8.68. The first-order valence-corrected chi connectivity index (χ1v) is 8.10. The van der Waals surface area contributed by atoms with E-state index >= 15 is 0 Å². The molecule has 0 saturated carbocycles. The number of nitrogens with zero attached hydrogens (tertiary/aromatic N) is 4. The fourth-order valence-corrected chi connectivity index (χ4v) is 3.63. The largest absolute Gasteiger partial charge is 0.301 e. The maximum atomic E-state index is 12.4. The average Bonchev–Trinajstić information content (AvgIpc) is 2.48. The third-order valence-electron chi connectivity index (χ3n) is 3.36. The predicted octanol–water partition coefficient (Wildman–Crippen LogP) is 0.670. The number of sulfonamides is 1. The van der Waals surface area contributed by atoms with Crippen LogP contribution in [0.4, 0.5) is 0 Å². The second kappa shape index (κ2) is 6.31. The van der Waals surface area contributed by atoms with Gasteiger partial charge in [-0.3, -0.25) is 0 Å². The predicted molar refractivity (Wildman–Crippen MR) is 74.4 cm³/mol. The first kappa shape index (κ1) is 14.9. The molecule has 2 rings (SSSR count). The van der Waals surface area contributed by atoms with E-state index in [1.807, 2.05) is 6.07 Å². The highest BCUT2D eigenvalue weighted by molar-refractivity contribution is 7.89. The van der Waals surface area contributed by atoms with Crippen LogP contribution >= 0.6 is 0 Å². The van der Waals surface area contributed by atoms with Gasteiger partial charge in [0.15, 0.2) is 0 Å². The zero-order chi connectivity index (χ0) is 14.6. The Bertz CT molecular complexity index is 584. The lowest BCUT2D eigenvalue weighted by Crippen LogP contribution is -2.48. The van der Waals surface area contributed by atoms with Gasteiger partial charge in [-0.1, -0.05) is 6.92 Å². The molecular formula is C13H18N4O2S. The van der Waals surface area contributed by atoms with Crippen molar-refractivity contribution in [2.24, 2.45) is 0 Å². The summed E-state index contributed by atoms with van der Waals surface area (Å²) < 4.78 is 26.4. The summed E-state index contributed by atoms with van der Waals surface area (Å²) in [7, 11) is -3.49. The smallest absolute Gasteiger partial charge is 0.244 e. The normalized spacial score (nSPS) is 17.8. The molecule has 7 heteroatoms. The molecule has 0 atom stereocenters. The molecule has 0 unspecified atom stereocenters. The maximum absolute atomic E-state index is 12.4. The summed E-state index contributed by atoms with van der Waals surface area (Å²) in [4.78, 5) is 6.25. The molecule has 0 N–H and O–H groups in total. The quantitative estimate of drug-likeness (QED) is 0.815. The number of hydrogen-bond acceptors (Lipinski definition) is 5. The minimum atomic E-state index is -3.49. The second-order valence-electron chi connectivity index (χ2n) is 4.74. The fraction of sp³-hybridized carbons (Fsp3) is 0.538. The number of piperazine rings is 1. The highest BCUT2D eigenvalue weighted by atomic mass is 32.2. The van der Waals surface area contributed by atoms with E-state index in [0.29, 0.717) is 13.1 Å². The van der Waals surface area contributed by atoms with Gasteiger partial charge in [0.1, 0.15) is 16.7 Å². The van der Waals surface area contributed by atoms with Gasteiger partial charge >= 0.3 is 0 Å². The van der Waals surface area contributed by atoms with E-state index in [2.05, 4.69) is 16.8 Å². The number of hydrogen-bond donors (Lipinski definition) is 0. The molecule has 0 radical (unpaired) electrons. The van der Waals surface area contributed by atoms with Crippen molar-refractivity contribution in [2.75, 3.05) is 32.7 Å². The lowest BCUT2D eigenvalue weighted by Gasteiger charge is -2.33. The van der Waals surface area contributed by atoms with E-state index < -0.39 is 10.0 Å². The molecule has 0 bridgehead atoms. The van der Waals surface area contributed by atoms with Crippen LogP contribution in [0.3, 0.4) is 0 Å². The zero-order valence-electron chi connectivity index (χ0n) is 11.5. The maximum Gasteiger partial charge on any atom is 0.244 e. The van der Waals surface area contributed by atoms with Crippen LogP contribution in [0.25, 0.3) is 0 Å². The van der Waals surface area contributed by atoms with Crippen LogP contribution in [0.2, 0.25) is 0 Å². The lowest BCUT2D eigenvalue weighted by molar-refractivity contribution is 0.188. The second-order valence-corrected chi connectivity index (χ2v) is 6.67. The Morgan fingerprint density at radius 2 is 2.00 bits per heavy atom. The van der Waals surface area contributed by atoms with E-state index in [9.17, 15) is 8.42 Å². The summed E-state index contributed by atoms with van der Waals surface area (Å²) in [6.07, 6.45) is 2.33. The molecule has 20 heavy (non-hydrogen) atoms. The summed E-state index contributed by atoms with van der Waals surface area (Å²) in [5.74, 6) is 0. The van der Waals surface area contributed by atoms with E-state index in [1.165, 1.54) is 22.6 Å². The van der Waals surface area contributed by atoms with E-state index in [-0.39, 0.29) is 10.6 Å². The number of pyridine rings is 1. The van der Waals surface area contributed by atoms with Gasteiger partial charge < -0.3 is 4.90 Å². The van der Waals surface area contributed by atoms with Gasteiger partial charge in [-0.25, -0.2) is 13.4 Å². The molecule has 1 fully saturated rings. The summed E-state index contributed by atoms with van der Waals surface area (Å²) in [6.45, 7) is 5.65. The Labute approximate surface area is 119 Å². The van der Waals surface area contributed by atoms with Crippen LogP contribution in [0.15, 0.2) is 23.2 Å². The van der Waals surface area contributed by atoms with Gasteiger partial charge in [0.25, 0.3) is 0 Å². The number of nitriles is 1. The molecule has 1 aromatic heterocycles. The third-order valence-corrected chi connectivity index (χ3v) is 5.24. The lowest BCUT2D eigenvalue weighted by atomic mass is 10.3. The number of aromatic nitrogens is 1. The van der Waals surface area contributed by atoms with Crippen LogP contribution in [-0.2, 0) is 10.0 Å². The first-order valence-electron chi connectivity index (χ1n) is 6.66. The molecule has 0 aromatic carbocycles.